The van der Waals surface area contributed by atoms with Gasteiger partial charge in [0.2, 0.25) is 5.91 Å². The predicted molar refractivity (Wildman–Crippen MR) is 71.6 cm³/mol. The minimum absolute atomic E-state index is 0.208. The van der Waals surface area contributed by atoms with Gasteiger partial charge >= 0.3 is 5.97 Å². The van der Waals surface area contributed by atoms with Crippen molar-refractivity contribution >= 4 is 11.9 Å². The van der Waals surface area contributed by atoms with Crippen LogP contribution in [0.1, 0.15) is 32.1 Å². The van der Waals surface area contributed by atoms with E-state index in [9.17, 15) is 9.59 Å². The molecule has 5 heteroatoms. The standard InChI is InChI=1S/C14H24N2O3/c1-19-14(18)6-7-15-8-9-16(13(17)11-15)10-12-4-2-3-5-12/h12H,2-11H2,1H3. The summed E-state index contributed by atoms with van der Waals surface area (Å²) in [5, 5.41) is 0. The van der Waals surface area contributed by atoms with Gasteiger partial charge in [-0.25, -0.2) is 0 Å². The zero-order chi connectivity index (χ0) is 13.7. The van der Waals surface area contributed by atoms with Crippen molar-refractivity contribution in [2.75, 3.05) is 39.8 Å². The first-order chi connectivity index (χ1) is 9.19. The molecule has 1 aliphatic carbocycles. The summed E-state index contributed by atoms with van der Waals surface area (Å²) in [6.07, 6.45) is 5.55. The molecule has 0 aromatic carbocycles. The minimum Gasteiger partial charge on any atom is -0.469 e. The van der Waals surface area contributed by atoms with E-state index in [2.05, 4.69) is 4.74 Å². The molecule has 0 atom stereocenters. The van der Waals surface area contributed by atoms with Crippen LogP contribution in [0.3, 0.4) is 0 Å². The van der Waals surface area contributed by atoms with Crippen LogP contribution in [0.5, 0.6) is 0 Å². The Hall–Kier alpha value is -1.10. The Balaban J connectivity index is 1.71. The number of ether oxygens (including phenoxy) is 1. The fourth-order valence-electron chi connectivity index (χ4n) is 3.00. The zero-order valence-corrected chi connectivity index (χ0v) is 11.8. The van der Waals surface area contributed by atoms with Gasteiger partial charge in [-0.15, -0.1) is 0 Å². The van der Waals surface area contributed by atoms with E-state index in [0.717, 1.165) is 19.6 Å². The third-order valence-electron chi connectivity index (χ3n) is 4.21. The third kappa shape index (κ3) is 4.20. The number of amides is 1. The lowest BCUT2D eigenvalue weighted by Crippen LogP contribution is -2.51. The van der Waals surface area contributed by atoms with Crippen LogP contribution >= 0.6 is 0 Å². The summed E-state index contributed by atoms with van der Waals surface area (Å²) in [6, 6.07) is 0. The van der Waals surface area contributed by atoms with Gasteiger partial charge in [-0.1, -0.05) is 12.8 Å². The molecule has 5 nitrogen and oxygen atoms in total. The quantitative estimate of drug-likeness (QED) is 0.695. The summed E-state index contributed by atoms with van der Waals surface area (Å²) in [7, 11) is 1.40. The van der Waals surface area contributed by atoms with Gasteiger partial charge in [-0.05, 0) is 18.8 Å². The second-order valence-electron chi connectivity index (χ2n) is 5.59. The van der Waals surface area contributed by atoms with E-state index in [0.29, 0.717) is 25.4 Å². The molecule has 108 valence electrons. The molecule has 0 N–H and O–H groups in total. The molecular formula is C14H24N2O3. The second kappa shape index (κ2) is 6.89. The van der Waals surface area contributed by atoms with E-state index in [-0.39, 0.29) is 11.9 Å². The smallest absolute Gasteiger partial charge is 0.306 e. The van der Waals surface area contributed by atoms with E-state index in [1.807, 2.05) is 9.80 Å². The van der Waals surface area contributed by atoms with Gasteiger partial charge in [-0.2, -0.15) is 0 Å². The van der Waals surface area contributed by atoms with Gasteiger partial charge in [0.05, 0.1) is 20.1 Å². The molecule has 0 radical (unpaired) electrons. The van der Waals surface area contributed by atoms with Crippen molar-refractivity contribution < 1.29 is 14.3 Å². The van der Waals surface area contributed by atoms with Gasteiger partial charge in [0.15, 0.2) is 0 Å². The molecule has 1 aliphatic heterocycles. The van der Waals surface area contributed by atoms with Crippen molar-refractivity contribution in [3.63, 3.8) is 0 Å². The van der Waals surface area contributed by atoms with E-state index in [1.54, 1.807) is 0 Å². The van der Waals surface area contributed by atoms with E-state index < -0.39 is 0 Å². The van der Waals surface area contributed by atoms with Gasteiger partial charge in [0.1, 0.15) is 0 Å². The molecule has 0 spiro atoms. The molecular weight excluding hydrogens is 244 g/mol. The molecule has 1 heterocycles. The SMILES string of the molecule is COC(=O)CCN1CCN(CC2CCCC2)C(=O)C1. The van der Waals surface area contributed by atoms with Gasteiger partial charge < -0.3 is 9.64 Å². The number of carbonyl (C=O) groups is 2. The van der Waals surface area contributed by atoms with Gasteiger partial charge in [-0.3, -0.25) is 14.5 Å². The lowest BCUT2D eigenvalue weighted by atomic mass is 10.1. The Kier molecular flexibility index (Phi) is 5.19. The first-order valence-corrected chi connectivity index (χ1v) is 7.26. The van der Waals surface area contributed by atoms with Crippen LogP contribution in [-0.4, -0.2) is 61.5 Å². The van der Waals surface area contributed by atoms with Crippen LogP contribution in [0.2, 0.25) is 0 Å². The summed E-state index contributed by atoms with van der Waals surface area (Å²) in [6.45, 7) is 3.68. The highest BCUT2D eigenvalue weighted by Gasteiger charge is 2.27. The number of hydrogen-bond donors (Lipinski definition) is 0. The van der Waals surface area contributed by atoms with Crippen molar-refractivity contribution in [2.24, 2.45) is 5.92 Å². The maximum Gasteiger partial charge on any atom is 0.306 e. The average Bonchev–Trinajstić information content (AvgIpc) is 2.91. The summed E-state index contributed by atoms with van der Waals surface area (Å²) in [5.74, 6) is 0.717. The first kappa shape index (κ1) is 14.3. The summed E-state index contributed by atoms with van der Waals surface area (Å²) in [4.78, 5) is 27.2. The van der Waals surface area contributed by atoms with Crippen molar-refractivity contribution in [3.8, 4) is 0 Å². The summed E-state index contributed by atoms with van der Waals surface area (Å²) < 4.78 is 4.62. The molecule has 1 saturated heterocycles. The number of piperazine rings is 1. The number of esters is 1. The second-order valence-corrected chi connectivity index (χ2v) is 5.59. The Morgan fingerprint density at radius 2 is 2.05 bits per heavy atom. The molecule has 2 rings (SSSR count). The summed E-state index contributed by atoms with van der Waals surface area (Å²) in [5.41, 5.74) is 0. The average molecular weight is 268 g/mol. The molecule has 0 bridgehead atoms. The highest BCUT2D eigenvalue weighted by atomic mass is 16.5. The number of nitrogens with zero attached hydrogens (tertiary/aromatic N) is 2. The number of hydrogen-bond acceptors (Lipinski definition) is 4. The Bertz CT molecular complexity index is 327. The maximum absolute atomic E-state index is 12.1. The molecule has 0 unspecified atom stereocenters. The van der Waals surface area contributed by atoms with Crippen molar-refractivity contribution in [2.45, 2.75) is 32.1 Å². The Morgan fingerprint density at radius 3 is 2.68 bits per heavy atom. The fraction of sp³-hybridized carbons (Fsp3) is 0.857. The van der Waals surface area contributed by atoms with Crippen LogP contribution in [0, 0.1) is 5.92 Å². The lowest BCUT2D eigenvalue weighted by molar-refractivity contribution is -0.143. The van der Waals surface area contributed by atoms with Gasteiger partial charge in [0, 0.05) is 26.2 Å². The largest absolute Gasteiger partial charge is 0.469 e. The molecule has 0 aromatic heterocycles. The summed E-state index contributed by atoms with van der Waals surface area (Å²) >= 11 is 0. The molecule has 1 saturated carbocycles. The van der Waals surface area contributed by atoms with Crippen LogP contribution < -0.4 is 0 Å². The molecule has 2 fully saturated rings. The maximum atomic E-state index is 12.1. The topological polar surface area (TPSA) is 49.9 Å². The van der Waals surface area contributed by atoms with Crippen LogP contribution in [0.25, 0.3) is 0 Å². The monoisotopic (exact) mass is 268 g/mol. The number of methoxy groups -OCH3 is 1. The molecule has 1 amide bonds. The Labute approximate surface area is 114 Å². The third-order valence-corrected chi connectivity index (χ3v) is 4.21. The van der Waals surface area contributed by atoms with Crippen LogP contribution in [-0.2, 0) is 14.3 Å². The molecule has 2 aliphatic rings. The van der Waals surface area contributed by atoms with Crippen molar-refractivity contribution in [1.29, 1.82) is 0 Å². The van der Waals surface area contributed by atoms with Crippen LogP contribution in [0.4, 0.5) is 0 Å². The highest BCUT2D eigenvalue weighted by Crippen LogP contribution is 2.25. The van der Waals surface area contributed by atoms with E-state index in [1.165, 1.54) is 32.8 Å². The first-order valence-electron chi connectivity index (χ1n) is 7.26. The molecule has 19 heavy (non-hydrogen) atoms. The van der Waals surface area contributed by atoms with Gasteiger partial charge in [0.25, 0.3) is 0 Å². The van der Waals surface area contributed by atoms with E-state index >= 15 is 0 Å². The highest BCUT2D eigenvalue weighted by molar-refractivity contribution is 5.79. The fourth-order valence-corrected chi connectivity index (χ4v) is 3.00. The number of carbonyl (C=O) groups excluding carboxylic acids is 2. The van der Waals surface area contributed by atoms with Crippen molar-refractivity contribution in [3.05, 3.63) is 0 Å². The minimum atomic E-state index is -0.208. The normalized spacial score (nSPS) is 21.9. The zero-order valence-electron chi connectivity index (χ0n) is 11.8. The predicted octanol–water partition coefficient (Wildman–Crippen LogP) is 0.884. The number of rotatable bonds is 5. The van der Waals surface area contributed by atoms with E-state index in [4.69, 9.17) is 0 Å². The lowest BCUT2D eigenvalue weighted by Gasteiger charge is -2.35. The van der Waals surface area contributed by atoms with Crippen molar-refractivity contribution in [1.82, 2.24) is 9.80 Å². The molecule has 0 aromatic rings. The van der Waals surface area contributed by atoms with Crippen LogP contribution in [0.15, 0.2) is 0 Å². The Morgan fingerprint density at radius 1 is 1.32 bits per heavy atom.